The lowest BCUT2D eigenvalue weighted by Gasteiger charge is -2.13. The Kier molecular flexibility index (Phi) is 7.38. The molecular weight excluding hydrogens is 488 g/mol. The third kappa shape index (κ3) is 5.47. The van der Waals surface area contributed by atoms with Gasteiger partial charge in [0.05, 0.1) is 35.2 Å². The second-order valence-electron chi connectivity index (χ2n) is 7.44. The molecule has 4 rings (SSSR count). The highest BCUT2D eigenvalue weighted by Crippen LogP contribution is 2.26. The fourth-order valence-corrected chi connectivity index (χ4v) is 4.23. The van der Waals surface area contributed by atoms with Crippen LogP contribution in [0.15, 0.2) is 81.8 Å². The van der Waals surface area contributed by atoms with Crippen molar-refractivity contribution in [3.63, 3.8) is 0 Å². The van der Waals surface area contributed by atoms with Crippen LogP contribution < -0.4 is 15.7 Å². The Bertz CT molecular complexity index is 1490. The van der Waals surface area contributed by atoms with E-state index in [1.54, 1.807) is 67.6 Å². The van der Waals surface area contributed by atoms with Gasteiger partial charge in [0.25, 0.3) is 11.5 Å². The summed E-state index contributed by atoms with van der Waals surface area (Å²) >= 11 is 7.14. The maximum atomic E-state index is 13.3. The number of aromatic nitrogens is 2. The Hall–Kier alpha value is -3.82. The molecule has 35 heavy (non-hydrogen) atoms. The normalized spacial score (nSPS) is 11.5. The van der Waals surface area contributed by atoms with Gasteiger partial charge in [0.15, 0.2) is 16.7 Å². The molecular formula is C25H21ClN4O4S. The number of hydrogen-bond donors (Lipinski definition) is 2. The molecule has 0 radical (unpaired) electrons. The van der Waals surface area contributed by atoms with Crippen LogP contribution in [-0.4, -0.2) is 39.1 Å². The number of thioether (sulfide) groups is 1. The van der Waals surface area contributed by atoms with Crippen LogP contribution in [0.25, 0.3) is 16.6 Å². The number of hydrogen-bond acceptors (Lipinski definition) is 7. The van der Waals surface area contributed by atoms with Crippen LogP contribution in [0.1, 0.15) is 12.5 Å². The largest absolute Gasteiger partial charge is 0.504 e. The first-order chi connectivity index (χ1) is 16.9. The van der Waals surface area contributed by atoms with Crippen LogP contribution >= 0.6 is 23.4 Å². The molecule has 0 aliphatic carbocycles. The van der Waals surface area contributed by atoms with Gasteiger partial charge in [0.2, 0.25) is 0 Å². The predicted molar refractivity (Wildman–Crippen MR) is 138 cm³/mol. The van der Waals surface area contributed by atoms with Crippen LogP contribution in [0.5, 0.6) is 11.5 Å². The number of phenolic OH excluding ortho intramolecular Hbond substituents is 1. The van der Waals surface area contributed by atoms with Crippen LogP contribution in [0.3, 0.4) is 0 Å². The molecule has 1 amide bonds. The molecule has 0 fully saturated rings. The average Bonchev–Trinajstić information content (AvgIpc) is 2.87. The van der Waals surface area contributed by atoms with E-state index in [0.717, 1.165) is 11.8 Å². The Morgan fingerprint density at radius 1 is 1.17 bits per heavy atom. The van der Waals surface area contributed by atoms with Crippen molar-refractivity contribution in [2.75, 3.05) is 12.9 Å². The van der Waals surface area contributed by atoms with E-state index in [1.165, 1.54) is 17.7 Å². The van der Waals surface area contributed by atoms with Gasteiger partial charge >= 0.3 is 0 Å². The molecule has 10 heteroatoms. The number of ether oxygens (including phenoxy) is 1. The molecule has 4 aromatic rings. The number of rotatable bonds is 7. The zero-order valence-corrected chi connectivity index (χ0v) is 20.4. The summed E-state index contributed by atoms with van der Waals surface area (Å²) in [5.74, 6) is -0.0700. The highest BCUT2D eigenvalue weighted by Gasteiger charge is 2.15. The lowest BCUT2D eigenvalue weighted by Crippen LogP contribution is -2.24. The van der Waals surface area contributed by atoms with Crippen molar-refractivity contribution in [3.05, 3.63) is 87.7 Å². The van der Waals surface area contributed by atoms with Crippen LogP contribution in [0.4, 0.5) is 0 Å². The van der Waals surface area contributed by atoms with E-state index in [4.69, 9.17) is 16.3 Å². The van der Waals surface area contributed by atoms with Crippen LogP contribution in [-0.2, 0) is 4.79 Å². The third-order valence-corrected chi connectivity index (χ3v) is 6.30. The van der Waals surface area contributed by atoms with Gasteiger partial charge in [-0.1, -0.05) is 35.5 Å². The van der Waals surface area contributed by atoms with Crippen molar-refractivity contribution in [1.29, 1.82) is 0 Å². The molecule has 8 nitrogen and oxygen atoms in total. The number of nitrogens with one attached hydrogen (secondary N) is 1. The number of amides is 1. The minimum absolute atomic E-state index is 0.0131. The first-order valence-electron chi connectivity index (χ1n) is 10.5. The second-order valence-corrected chi connectivity index (χ2v) is 8.81. The second kappa shape index (κ2) is 10.6. The number of para-hydroxylation sites is 1. The van der Waals surface area contributed by atoms with E-state index in [1.807, 2.05) is 0 Å². The van der Waals surface area contributed by atoms with Crippen LogP contribution in [0.2, 0.25) is 5.02 Å². The number of fused-ring (bicyclic) bond motifs is 1. The number of methoxy groups -OCH3 is 1. The van der Waals surface area contributed by atoms with E-state index >= 15 is 0 Å². The predicted octanol–water partition coefficient (Wildman–Crippen LogP) is 4.39. The minimum Gasteiger partial charge on any atom is -0.504 e. The third-order valence-electron chi connectivity index (χ3n) is 5.11. The summed E-state index contributed by atoms with van der Waals surface area (Å²) < 4.78 is 6.57. The lowest BCUT2D eigenvalue weighted by molar-refractivity contribution is -0.118. The molecule has 1 aromatic heterocycles. The van der Waals surface area contributed by atoms with Crippen LogP contribution in [0, 0.1) is 0 Å². The minimum atomic E-state index is -0.370. The summed E-state index contributed by atoms with van der Waals surface area (Å²) in [6.45, 7) is 1.72. The van der Waals surface area contributed by atoms with Gasteiger partial charge in [0.1, 0.15) is 0 Å². The Labute approximate surface area is 210 Å². The lowest BCUT2D eigenvalue weighted by atomic mass is 10.1. The number of nitrogens with zero attached hydrogens (tertiary/aromatic N) is 3. The first kappa shape index (κ1) is 24.3. The topological polar surface area (TPSA) is 106 Å². The van der Waals surface area contributed by atoms with Crippen molar-refractivity contribution >= 4 is 45.9 Å². The van der Waals surface area contributed by atoms with Gasteiger partial charge < -0.3 is 9.84 Å². The smallest absolute Gasteiger partial charge is 0.266 e. The molecule has 0 unspecified atom stereocenters. The van der Waals surface area contributed by atoms with E-state index < -0.39 is 0 Å². The van der Waals surface area contributed by atoms with Crippen molar-refractivity contribution in [2.45, 2.75) is 12.1 Å². The fourth-order valence-electron chi connectivity index (χ4n) is 3.30. The van der Waals surface area contributed by atoms with E-state index in [2.05, 4.69) is 15.5 Å². The Morgan fingerprint density at radius 3 is 2.66 bits per heavy atom. The monoisotopic (exact) mass is 508 g/mol. The Balaban J connectivity index is 1.56. The van der Waals surface area contributed by atoms with Gasteiger partial charge in [-0.15, -0.1) is 0 Å². The molecule has 0 saturated carbocycles. The summed E-state index contributed by atoms with van der Waals surface area (Å²) in [4.78, 5) is 30.4. The maximum absolute atomic E-state index is 13.3. The van der Waals surface area contributed by atoms with Crippen molar-refractivity contribution < 1.29 is 14.6 Å². The number of phenols is 1. The van der Waals surface area contributed by atoms with E-state index in [-0.39, 0.29) is 23.0 Å². The maximum Gasteiger partial charge on any atom is 0.266 e. The number of carbonyl (C=O) groups is 1. The number of hydrazone groups is 1. The summed E-state index contributed by atoms with van der Waals surface area (Å²) in [6, 6.07) is 18.7. The van der Waals surface area contributed by atoms with Crippen molar-refractivity contribution in [3.8, 4) is 17.2 Å². The standard InChI is InChI=1S/C25H21ClN4O4S/c1-15(16-7-12-21(31)22(13-16)34-2)28-29-23(32)14-35-25-27-20-6-4-3-5-19(20)24(33)30(25)18-10-8-17(26)9-11-18/h3-13,31H,14H2,1-2H3,(H,29,32)/b28-15+. The van der Waals surface area contributed by atoms with Crippen molar-refractivity contribution in [1.82, 2.24) is 15.0 Å². The number of benzene rings is 3. The molecule has 3 aromatic carbocycles. The average molecular weight is 509 g/mol. The summed E-state index contributed by atoms with van der Waals surface area (Å²) in [7, 11) is 1.45. The molecule has 0 saturated heterocycles. The van der Waals surface area contributed by atoms with E-state index in [0.29, 0.717) is 43.8 Å². The summed E-state index contributed by atoms with van der Waals surface area (Å²) in [5.41, 5.74) is 4.62. The van der Waals surface area contributed by atoms with Gasteiger partial charge in [0, 0.05) is 10.6 Å². The molecule has 178 valence electrons. The summed E-state index contributed by atoms with van der Waals surface area (Å²) in [6.07, 6.45) is 0. The highest BCUT2D eigenvalue weighted by atomic mass is 35.5. The molecule has 0 aliphatic heterocycles. The molecule has 0 spiro atoms. The fraction of sp³-hybridized carbons (Fsp3) is 0.120. The summed E-state index contributed by atoms with van der Waals surface area (Å²) in [5, 5.41) is 15.3. The zero-order valence-electron chi connectivity index (χ0n) is 18.9. The number of carbonyl (C=O) groups excluding carboxylic acids is 1. The molecule has 0 atom stereocenters. The Morgan fingerprint density at radius 2 is 1.91 bits per heavy atom. The molecule has 1 heterocycles. The van der Waals surface area contributed by atoms with Gasteiger partial charge in [-0.25, -0.2) is 10.4 Å². The van der Waals surface area contributed by atoms with Gasteiger partial charge in [-0.3, -0.25) is 14.2 Å². The van der Waals surface area contributed by atoms with Crippen molar-refractivity contribution in [2.24, 2.45) is 5.10 Å². The zero-order chi connectivity index (χ0) is 24.9. The highest BCUT2D eigenvalue weighted by molar-refractivity contribution is 7.99. The number of halogens is 1. The van der Waals surface area contributed by atoms with Gasteiger partial charge in [-0.2, -0.15) is 5.10 Å². The van der Waals surface area contributed by atoms with E-state index in [9.17, 15) is 14.7 Å². The van der Waals surface area contributed by atoms with Gasteiger partial charge in [-0.05, 0) is 61.5 Å². The SMILES string of the molecule is COc1cc(/C(C)=N/NC(=O)CSc2nc3ccccc3c(=O)n2-c2ccc(Cl)cc2)ccc1O. The quantitative estimate of drug-likeness (QED) is 0.166. The molecule has 0 bridgehead atoms. The number of aromatic hydroxyl groups is 1. The molecule has 0 aliphatic rings. The molecule has 2 N–H and O–H groups in total. The first-order valence-corrected chi connectivity index (χ1v) is 11.8.